The Bertz CT molecular complexity index is 1330. The quantitative estimate of drug-likeness (QED) is 0.404. The van der Waals surface area contributed by atoms with Gasteiger partial charge in [-0.2, -0.15) is 0 Å². The molecular formula is C25H23ClN2O4. The predicted octanol–water partition coefficient (Wildman–Crippen LogP) is 5.97. The summed E-state index contributed by atoms with van der Waals surface area (Å²) >= 11 is 5.71. The molecule has 0 aliphatic rings. The van der Waals surface area contributed by atoms with Crippen molar-refractivity contribution >= 4 is 34.2 Å². The zero-order valence-corrected chi connectivity index (χ0v) is 18.8. The summed E-state index contributed by atoms with van der Waals surface area (Å²) < 4.78 is 11.0. The van der Waals surface area contributed by atoms with Gasteiger partial charge >= 0.3 is 0 Å². The number of anilines is 1. The molecule has 32 heavy (non-hydrogen) atoms. The minimum Gasteiger partial charge on any atom is -0.456 e. The Morgan fingerprint density at radius 1 is 1.06 bits per heavy atom. The number of benzene rings is 2. The number of carbonyl (C=O) groups excluding carboxylic acids is 1. The van der Waals surface area contributed by atoms with Gasteiger partial charge in [0.1, 0.15) is 17.1 Å². The van der Waals surface area contributed by atoms with E-state index >= 15 is 0 Å². The SMILES string of the molecule is CC(C)(C)c1ccc(-c2cc(=O)c3cc(NC(=O)CCc4cc(Cl)no4)ccc3o2)cc1. The van der Waals surface area contributed by atoms with Crippen molar-refractivity contribution in [1.82, 2.24) is 5.16 Å². The van der Waals surface area contributed by atoms with Crippen LogP contribution in [0.4, 0.5) is 5.69 Å². The van der Waals surface area contributed by atoms with Gasteiger partial charge in [-0.15, -0.1) is 0 Å². The van der Waals surface area contributed by atoms with E-state index < -0.39 is 0 Å². The Kier molecular flexibility index (Phi) is 5.89. The van der Waals surface area contributed by atoms with E-state index in [1.165, 1.54) is 11.6 Å². The molecule has 0 fully saturated rings. The largest absolute Gasteiger partial charge is 0.456 e. The number of aromatic nitrogens is 1. The van der Waals surface area contributed by atoms with Gasteiger partial charge in [0.2, 0.25) is 5.91 Å². The maximum atomic E-state index is 12.7. The molecule has 0 unspecified atom stereocenters. The van der Waals surface area contributed by atoms with Crippen molar-refractivity contribution in [3.05, 3.63) is 81.3 Å². The van der Waals surface area contributed by atoms with Crippen LogP contribution in [-0.4, -0.2) is 11.1 Å². The summed E-state index contributed by atoms with van der Waals surface area (Å²) in [5.74, 6) is 0.828. The maximum Gasteiger partial charge on any atom is 0.224 e. The first kappa shape index (κ1) is 21.8. The number of aryl methyl sites for hydroxylation is 1. The van der Waals surface area contributed by atoms with E-state index in [9.17, 15) is 9.59 Å². The first-order chi connectivity index (χ1) is 15.2. The number of hydrogen-bond donors (Lipinski definition) is 1. The van der Waals surface area contributed by atoms with Gasteiger partial charge in [0.15, 0.2) is 10.6 Å². The van der Waals surface area contributed by atoms with Crippen LogP contribution in [-0.2, 0) is 16.6 Å². The Morgan fingerprint density at radius 2 is 1.81 bits per heavy atom. The molecule has 1 N–H and O–H groups in total. The van der Waals surface area contributed by atoms with Crippen LogP contribution in [0.1, 0.15) is 38.5 Å². The zero-order valence-electron chi connectivity index (χ0n) is 18.1. The molecule has 0 aliphatic heterocycles. The average Bonchev–Trinajstić information content (AvgIpc) is 3.17. The third kappa shape index (κ3) is 4.92. The van der Waals surface area contributed by atoms with Gasteiger partial charge in [-0.3, -0.25) is 9.59 Å². The number of hydrogen-bond acceptors (Lipinski definition) is 5. The second-order valence-electron chi connectivity index (χ2n) is 8.68. The number of amides is 1. The van der Waals surface area contributed by atoms with Crippen molar-refractivity contribution in [3.8, 4) is 11.3 Å². The van der Waals surface area contributed by atoms with Crippen LogP contribution < -0.4 is 10.7 Å². The standard InChI is InChI=1S/C25H23ClN2O4/c1-25(2,3)16-6-4-15(5-7-16)22-14-20(29)19-12-17(8-10-21(19)31-22)27-24(30)11-9-18-13-23(26)28-32-18/h4-8,10,12-14H,9,11H2,1-3H3,(H,27,30). The van der Waals surface area contributed by atoms with Crippen LogP contribution in [0.2, 0.25) is 5.15 Å². The highest BCUT2D eigenvalue weighted by molar-refractivity contribution is 6.29. The average molecular weight is 451 g/mol. The molecule has 1 amide bonds. The zero-order chi connectivity index (χ0) is 22.9. The minimum absolute atomic E-state index is 0.0471. The van der Waals surface area contributed by atoms with Gasteiger partial charge in [-0.25, -0.2) is 0 Å². The van der Waals surface area contributed by atoms with E-state index in [4.69, 9.17) is 20.5 Å². The highest BCUT2D eigenvalue weighted by Crippen LogP contribution is 2.27. The van der Waals surface area contributed by atoms with Gasteiger partial charge < -0.3 is 14.3 Å². The number of fused-ring (bicyclic) bond motifs is 1. The van der Waals surface area contributed by atoms with E-state index in [-0.39, 0.29) is 28.3 Å². The summed E-state index contributed by atoms with van der Waals surface area (Å²) in [5, 5.41) is 7.03. The molecule has 2 heterocycles. The fourth-order valence-electron chi connectivity index (χ4n) is 3.38. The first-order valence-corrected chi connectivity index (χ1v) is 10.7. The summed E-state index contributed by atoms with van der Waals surface area (Å²) in [6.07, 6.45) is 0.570. The molecule has 4 aromatic rings. The topological polar surface area (TPSA) is 85.3 Å². The van der Waals surface area contributed by atoms with Gasteiger partial charge in [0, 0.05) is 36.2 Å². The molecule has 0 atom stereocenters. The summed E-state index contributed by atoms with van der Waals surface area (Å²) in [7, 11) is 0. The number of halogens is 1. The molecule has 0 saturated heterocycles. The van der Waals surface area contributed by atoms with Crippen LogP contribution in [0.3, 0.4) is 0 Å². The first-order valence-electron chi connectivity index (χ1n) is 10.3. The number of rotatable bonds is 5. The fraction of sp³-hybridized carbons (Fsp3) is 0.240. The second-order valence-corrected chi connectivity index (χ2v) is 9.06. The smallest absolute Gasteiger partial charge is 0.224 e. The molecule has 6 nitrogen and oxygen atoms in total. The Hall–Kier alpha value is -3.38. The lowest BCUT2D eigenvalue weighted by molar-refractivity contribution is -0.116. The third-order valence-corrected chi connectivity index (χ3v) is 5.35. The number of nitrogens with one attached hydrogen (secondary N) is 1. The lowest BCUT2D eigenvalue weighted by Crippen LogP contribution is -2.12. The third-order valence-electron chi connectivity index (χ3n) is 5.17. The lowest BCUT2D eigenvalue weighted by Gasteiger charge is -2.19. The van der Waals surface area contributed by atoms with Crippen molar-refractivity contribution in [2.45, 2.75) is 39.0 Å². The van der Waals surface area contributed by atoms with Crippen molar-refractivity contribution < 1.29 is 13.7 Å². The van der Waals surface area contributed by atoms with Gasteiger partial charge in [0.05, 0.1) is 5.39 Å². The second kappa shape index (κ2) is 8.63. The summed E-state index contributed by atoms with van der Waals surface area (Å²) in [4.78, 5) is 25.0. The molecule has 4 rings (SSSR count). The van der Waals surface area contributed by atoms with E-state index in [1.807, 2.05) is 24.3 Å². The predicted molar refractivity (Wildman–Crippen MR) is 125 cm³/mol. The molecule has 7 heteroatoms. The molecule has 0 aliphatic carbocycles. The van der Waals surface area contributed by atoms with Crippen molar-refractivity contribution in [2.24, 2.45) is 0 Å². The summed E-state index contributed by atoms with van der Waals surface area (Å²) in [5.41, 5.74) is 2.90. The van der Waals surface area contributed by atoms with Crippen LogP contribution in [0.15, 0.2) is 68.3 Å². The molecule has 2 aromatic carbocycles. The highest BCUT2D eigenvalue weighted by atomic mass is 35.5. The monoisotopic (exact) mass is 450 g/mol. The van der Waals surface area contributed by atoms with Gasteiger partial charge in [0.25, 0.3) is 0 Å². The van der Waals surface area contributed by atoms with Crippen LogP contribution in [0, 0.1) is 0 Å². The van der Waals surface area contributed by atoms with Gasteiger partial charge in [-0.05, 0) is 29.2 Å². The Morgan fingerprint density at radius 3 is 2.47 bits per heavy atom. The van der Waals surface area contributed by atoms with E-state index in [0.717, 1.165) is 5.56 Å². The molecule has 0 spiro atoms. The van der Waals surface area contributed by atoms with E-state index in [0.29, 0.717) is 34.6 Å². The lowest BCUT2D eigenvalue weighted by atomic mass is 9.86. The Balaban J connectivity index is 1.52. The molecule has 0 bridgehead atoms. The summed E-state index contributed by atoms with van der Waals surface area (Å²) in [6.45, 7) is 6.45. The summed E-state index contributed by atoms with van der Waals surface area (Å²) in [6, 6.07) is 16.1. The van der Waals surface area contributed by atoms with Crippen LogP contribution >= 0.6 is 11.6 Å². The van der Waals surface area contributed by atoms with Gasteiger partial charge in [-0.1, -0.05) is 61.8 Å². The number of carbonyl (C=O) groups is 1. The Labute approximate surface area is 190 Å². The molecule has 164 valence electrons. The molecular weight excluding hydrogens is 428 g/mol. The van der Waals surface area contributed by atoms with Crippen molar-refractivity contribution in [3.63, 3.8) is 0 Å². The fourth-order valence-corrected chi connectivity index (χ4v) is 3.53. The van der Waals surface area contributed by atoms with Crippen LogP contribution in [0.25, 0.3) is 22.3 Å². The minimum atomic E-state index is -0.211. The van der Waals surface area contributed by atoms with Crippen molar-refractivity contribution in [2.75, 3.05) is 5.32 Å². The van der Waals surface area contributed by atoms with Crippen LogP contribution in [0.5, 0.6) is 0 Å². The van der Waals surface area contributed by atoms with E-state index in [1.54, 1.807) is 24.3 Å². The van der Waals surface area contributed by atoms with Crippen molar-refractivity contribution in [1.29, 1.82) is 0 Å². The van der Waals surface area contributed by atoms with E-state index in [2.05, 4.69) is 31.2 Å². The number of nitrogens with zero attached hydrogens (tertiary/aromatic N) is 1. The highest BCUT2D eigenvalue weighted by Gasteiger charge is 2.14. The normalized spacial score (nSPS) is 11.6. The molecule has 0 radical (unpaired) electrons. The molecule has 0 saturated carbocycles. The maximum absolute atomic E-state index is 12.7. The molecule has 2 aromatic heterocycles.